The van der Waals surface area contributed by atoms with Crippen molar-refractivity contribution in [1.29, 1.82) is 0 Å². The van der Waals surface area contributed by atoms with Crippen LogP contribution in [-0.2, 0) is 6.42 Å². The van der Waals surface area contributed by atoms with Crippen molar-refractivity contribution >= 4 is 0 Å². The summed E-state index contributed by atoms with van der Waals surface area (Å²) >= 11 is 0. The van der Waals surface area contributed by atoms with Crippen LogP contribution in [-0.4, -0.2) is 11.2 Å². The second kappa shape index (κ2) is 5.32. The standard InChI is InChI=1S/C14H22O/c1-10(8-13(4)15)9-14-11(2)6-5-7-12(14)3/h5-7,10,13,15H,8-9H2,1-4H3. The van der Waals surface area contributed by atoms with Gasteiger partial charge < -0.3 is 5.11 Å². The smallest absolute Gasteiger partial charge is 0.0514 e. The highest BCUT2D eigenvalue weighted by Crippen LogP contribution is 2.20. The van der Waals surface area contributed by atoms with Crippen LogP contribution in [0.3, 0.4) is 0 Å². The first-order chi connectivity index (χ1) is 7.00. The Hall–Kier alpha value is -0.820. The predicted octanol–water partition coefficient (Wildman–Crippen LogP) is 3.25. The zero-order valence-electron chi connectivity index (χ0n) is 10.2. The van der Waals surface area contributed by atoms with E-state index in [0.29, 0.717) is 5.92 Å². The molecule has 0 aliphatic rings. The van der Waals surface area contributed by atoms with Gasteiger partial charge in [-0.1, -0.05) is 25.1 Å². The molecule has 0 saturated heterocycles. The Labute approximate surface area is 93.1 Å². The molecule has 0 amide bonds. The highest BCUT2D eigenvalue weighted by Gasteiger charge is 2.10. The maximum absolute atomic E-state index is 9.34. The van der Waals surface area contributed by atoms with Crippen LogP contribution in [0.4, 0.5) is 0 Å². The Kier molecular flexibility index (Phi) is 4.34. The van der Waals surface area contributed by atoms with Gasteiger partial charge in [0.05, 0.1) is 6.10 Å². The molecule has 1 aromatic carbocycles. The van der Waals surface area contributed by atoms with Crippen LogP contribution in [0.2, 0.25) is 0 Å². The number of hydrogen-bond acceptors (Lipinski definition) is 1. The molecule has 0 bridgehead atoms. The van der Waals surface area contributed by atoms with Gasteiger partial charge in [-0.15, -0.1) is 0 Å². The average Bonchev–Trinajstić information content (AvgIpc) is 2.10. The van der Waals surface area contributed by atoms with E-state index in [0.717, 1.165) is 12.8 Å². The van der Waals surface area contributed by atoms with E-state index < -0.39 is 0 Å². The Bertz CT molecular complexity index is 295. The van der Waals surface area contributed by atoms with Gasteiger partial charge in [-0.25, -0.2) is 0 Å². The fourth-order valence-corrected chi connectivity index (χ4v) is 2.19. The van der Waals surface area contributed by atoms with E-state index in [2.05, 4.69) is 39.0 Å². The van der Waals surface area contributed by atoms with Crippen LogP contribution in [0.15, 0.2) is 18.2 Å². The first kappa shape index (κ1) is 12.3. The fourth-order valence-electron chi connectivity index (χ4n) is 2.19. The second-order valence-electron chi connectivity index (χ2n) is 4.76. The second-order valence-corrected chi connectivity index (χ2v) is 4.76. The summed E-state index contributed by atoms with van der Waals surface area (Å²) in [6.45, 7) is 8.40. The molecule has 84 valence electrons. The summed E-state index contributed by atoms with van der Waals surface area (Å²) in [6, 6.07) is 6.43. The summed E-state index contributed by atoms with van der Waals surface area (Å²) < 4.78 is 0. The quantitative estimate of drug-likeness (QED) is 0.801. The average molecular weight is 206 g/mol. The van der Waals surface area contributed by atoms with E-state index in [1.807, 2.05) is 6.92 Å². The van der Waals surface area contributed by atoms with Crippen molar-refractivity contribution in [2.45, 2.75) is 46.6 Å². The normalized spacial score (nSPS) is 15.0. The molecule has 1 rings (SSSR count). The van der Waals surface area contributed by atoms with E-state index in [-0.39, 0.29) is 6.10 Å². The van der Waals surface area contributed by atoms with Crippen molar-refractivity contribution in [3.05, 3.63) is 34.9 Å². The molecule has 1 heteroatoms. The van der Waals surface area contributed by atoms with Crippen LogP contribution in [0, 0.1) is 19.8 Å². The van der Waals surface area contributed by atoms with Crippen molar-refractivity contribution in [3.8, 4) is 0 Å². The zero-order valence-corrected chi connectivity index (χ0v) is 10.2. The lowest BCUT2D eigenvalue weighted by Crippen LogP contribution is -2.10. The molecule has 0 saturated carbocycles. The van der Waals surface area contributed by atoms with Gasteiger partial charge in [-0.05, 0) is 56.2 Å². The molecule has 0 spiro atoms. The lowest BCUT2D eigenvalue weighted by atomic mass is 9.91. The maximum Gasteiger partial charge on any atom is 0.0514 e. The molecule has 2 atom stereocenters. The number of aliphatic hydroxyl groups excluding tert-OH is 1. The Morgan fingerprint density at radius 2 is 1.67 bits per heavy atom. The van der Waals surface area contributed by atoms with Gasteiger partial charge in [0.25, 0.3) is 0 Å². The van der Waals surface area contributed by atoms with Gasteiger partial charge in [0.2, 0.25) is 0 Å². The molecule has 0 fully saturated rings. The van der Waals surface area contributed by atoms with E-state index in [1.54, 1.807) is 0 Å². The number of rotatable bonds is 4. The molecule has 0 radical (unpaired) electrons. The van der Waals surface area contributed by atoms with Crippen molar-refractivity contribution in [3.63, 3.8) is 0 Å². The predicted molar refractivity (Wildman–Crippen MR) is 65.1 cm³/mol. The number of aryl methyl sites for hydroxylation is 2. The highest BCUT2D eigenvalue weighted by atomic mass is 16.3. The molecule has 1 N–H and O–H groups in total. The van der Waals surface area contributed by atoms with Gasteiger partial charge >= 0.3 is 0 Å². The highest BCUT2D eigenvalue weighted by molar-refractivity contribution is 5.33. The molecule has 1 aromatic rings. The Balaban J connectivity index is 2.71. The van der Waals surface area contributed by atoms with Gasteiger partial charge in [0.1, 0.15) is 0 Å². The summed E-state index contributed by atoms with van der Waals surface area (Å²) in [6.07, 6.45) is 1.77. The van der Waals surface area contributed by atoms with Crippen LogP contribution in [0.1, 0.15) is 37.0 Å². The minimum Gasteiger partial charge on any atom is -0.393 e. The first-order valence-corrected chi connectivity index (χ1v) is 5.74. The molecule has 0 aliphatic carbocycles. The van der Waals surface area contributed by atoms with Gasteiger partial charge in [0.15, 0.2) is 0 Å². The Morgan fingerprint density at radius 1 is 1.13 bits per heavy atom. The minimum atomic E-state index is -0.190. The SMILES string of the molecule is Cc1cccc(C)c1CC(C)CC(C)O. The summed E-state index contributed by atoms with van der Waals surface area (Å²) in [5, 5.41) is 9.34. The van der Waals surface area contributed by atoms with Crippen LogP contribution >= 0.6 is 0 Å². The van der Waals surface area contributed by atoms with Crippen LogP contribution in [0.25, 0.3) is 0 Å². The summed E-state index contributed by atoms with van der Waals surface area (Å²) in [7, 11) is 0. The number of hydrogen-bond donors (Lipinski definition) is 1. The van der Waals surface area contributed by atoms with Gasteiger partial charge in [-0.2, -0.15) is 0 Å². The zero-order chi connectivity index (χ0) is 11.4. The molecule has 15 heavy (non-hydrogen) atoms. The molecule has 1 nitrogen and oxygen atoms in total. The Morgan fingerprint density at radius 3 is 2.13 bits per heavy atom. The molecule has 0 aromatic heterocycles. The number of aliphatic hydroxyl groups is 1. The molecule has 2 unspecified atom stereocenters. The lowest BCUT2D eigenvalue weighted by Gasteiger charge is -2.16. The summed E-state index contributed by atoms with van der Waals surface area (Å²) in [4.78, 5) is 0. The van der Waals surface area contributed by atoms with E-state index in [9.17, 15) is 5.11 Å². The van der Waals surface area contributed by atoms with Crippen LogP contribution in [0.5, 0.6) is 0 Å². The minimum absolute atomic E-state index is 0.190. The molecule has 0 heterocycles. The lowest BCUT2D eigenvalue weighted by molar-refractivity contribution is 0.164. The monoisotopic (exact) mass is 206 g/mol. The summed E-state index contributed by atoms with van der Waals surface area (Å²) in [5.74, 6) is 0.546. The third-order valence-corrected chi connectivity index (χ3v) is 2.94. The van der Waals surface area contributed by atoms with E-state index in [4.69, 9.17) is 0 Å². The van der Waals surface area contributed by atoms with Crippen molar-refractivity contribution in [2.75, 3.05) is 0 Å². The van der Waals surface area contributed by atoms with E-state index >= 15 is 0 Å². The number of benzene rings is 1. The van der Waals surface area contributed by atoms with Crippen molar-refractivity contribution < 1.29 is 5.11 Å². The third kappa shape index (κ3) is 3.67. The van der Waals surface area contributed by atoms with Gasteiger partial charge in [-0.3, -0.25) is 0 Å². The molecule has 0 aliphatic heterocycles. The third-order valence-electron chi connectivity index (χ3n) is 2.94. The fraction of sp³-hybridized carbons (Fsp3) is 0.571. The molecular weight excluding hydrogens is 184 g/mol. The van der Waals surface area contributed by atoms with Gasteiger partial charge in [0, 0.05) is 0 Å². The molecular formula is C14H22O. The summed E-state index contributed by atoms with van der Waals surface area (Å²) in [5.41, 5.74) is 4.19. The van der Waals surface area contributed by atoms with Crippen molar-refractivity contribution in [1.82, 2.24) is 0 Å². The first-order valence-electron chi connectivity index (χ1n) is 5.74. The maximum atomic E-state index is 9.34. The largest absolute Gasteiger partial charge is 0.393 e. The van der Waals surface area contributed by atoms with E-state index in [1.165, 1.54) is 16.7 Å². The van der Waals surface area contributed by atoms with Crippen molar-refractivity contribution in [2.24, 2.45) is 5.92 Å². The topological polar surface area (TPSA) is 20.2 Å². The van der Waals surface area contributed by atoms with Crippen LogP contribution < -0.4 is 0 Å².